The number of fused-ring (bicyclic) bond motifs is 1. The molecule has 3 aromatic rings. The van der Waals surface area contributed by atoms with Gasteiger partial charge in [0.2, 0.25) is 4.96 Å². The molecule has 0 saturated carbocycles. The summed E-state index contributed by atoms with van der Waals surface area (Å²) in [5.41, 5.74) is 6.06. The number of nitrogen functional groups attached to an aromatic ring is 1. The maximum atomic E-state index is 13.0. The van der Waals surface area contributed by atoms with Crippen LogP contribution in [0.4, 0.5) is 23.2 Å². The summed E-state index contributed by atoms with van der Waals surface area (Å²) in [5.74, 6) is -1.75. The molecule has 0 aliphatic rings. The van der Waals surface area contributed by atoms with Gasteiger partial charge in [-0.1, -0.05) is 11.3 Å². The average molecular weight is 303 g/mol. The lowest BCUT2D eigenvalue weighted by molar-refractivity contribution is -0.146. The minimum Gasteiger partial charge on any atom is -0.398 e. The number of hydrogen-bond donors (Lipinski definition) is 1. The van der Waals surface area contributed by atoms with E-state index in [4.69, 9.17) is 5.73 Å². The molecule has 2 N–H and O–H groups in total. The third kappa shape index (κ3) is 1.97. The van der Waals surface area contributed by atoms with E-state index in [0.717, 1.165) is 23.5 Å². The minimum absolute atomic E-state index is 0.0175. The van der Waals surface area contributed by atoms with Crippen molar-refractivity contribution < 1.29 is 17.6 Å². The molecule has 0 radical (unpaired) electrons. The Balaban J connectivity index is 2.16. The Labute approximate surface area is 112 Å². The summed E-state index contributed by atoms with van der Waals surface area (Å²) in [7, 11) is 0. The summed E-state index contributed by atoms with van der Waals surface area (Å²) in [6.07, 6.45) is -4.65. The van der Waals surface area contributed by atoms with Gasteiger partial charge >= 0.3 is 6.18 Å². The van der Waals surface area contributed by atoms with Gasteiger partial charge < -0.3 is 5.73 Å². The Morgan fingerprint density at radius 2 is 1.95 bits per heavy atom. The van der Waals surface area contributed by atoms with Crippen molar-refractivity contribution in [1.82, 2.24) is 19.8 Å². The molecule has 3 rings (SSSR count). The van der Waals surface area contributed by atoms with Crippen LogP contribution in [0.2, 0.25) is 0 Å². The van der Waals surface area contributed by atoms with Gasteiger partial charge in [-0.05, 0) is 18.2 Å². The van der Waals surface area contributed by atoms with Crippen molar-refractivity contribution in [1.29, 1.82) is 0 Å². The van der Waals surface area contributed by atoms with E-state index in [-0.39, 0.29) is 15.7 Å². The zero-order valence-corrected chi connectivity index (χ0v) is 10.3. The fraction of sp³-hybridized carbons (Fsp3) is 0.100. The van der Waals surface area contributed by atoms with E-state index in [2.05, 4.69) is 15.3 Å². The normalized spacial score (nSPS) is 12.2. The van der Waals surface area contributed by atoms with Gasteiger partial charge in [-0.2, -0.15) is 22.8 Å². The quantitative estimate of drug-likeness (QED) is 0.554. The summed E-state index contributed by atoms with van der Waals surface area (Å²) in [6.45, 7) is 0. The minimum atomic E-state index is -4.65. The Kier molecular flexibility index (Phi) is 2.64. The van der Waals surface area contributed by atoms with Gasteiger partial charge in [0.1, 0.15) is 10.8 Å². The van der Waals surface area contributed by atoms with E-state index in [9.17, 15) is 17.6 Å². The summed E-state index contributed by atoms with van der Waals surface area (Å²) in [6, 6.07) is 3.57. The van der Waals surface area contributed by atoms with E-state index in [1.807, 2.05) is 0 Å². The number of hydrogen-bond acceptors (Lipinski definition) is 5. The first kappa shape index (κ1) is 12.8. The highest BCUT2D eigenvalue weighted by Gasteiger charge is 2.38. The Morgan fingerprint density at radius 1 is 1.20 bits per heavy atom. The van der Waals surface area contributed by atoms with Crippen molar-refractivity contribution >= 4 is 22.0 Å². The number of halogens is 4. The molecule has 0 aliphatic carbocycles. The molecule has 0 atom stereocenters. The van der Waals surface area contributed by atoms with Crippen molar-refractivity contribution in [2.75, 3.05) is 5.73 Å². The Hall–Kier alpha value is -2.23. The molecule has 1 aromatic carbocycles. The molecule has 0 fully saturated rings. The fourth-order valence-corrected chi connectivity index (χ4v) is 2.52. The highest BCUT2D eigenvalue weighted by Crippen LogP contribution is 2.33. The van der Waals surface area contributed by atoms with Crippen LogP contribution in [0.25, 0.3) is 15.5 Å². The molecule has 0 unspecified atom stereocenters. The van der Waals surface area contributed by atoms with Gasteiger partial charge in [-0.3, -0.25) is 0 Å². The van der Waals surface area contributed by atoms with E-state index < -0.39 is 17.8 Å². The second-order valence-electron chi connectivity index (χ2n) is 3.85. The summed E-state index contributed by atoms with van der Waals surface area (Å²) in [4.78, 5) is -0.0175. The average Bonchev–Trinajstić information content (AvgIpc) is 2.86. The Bertz CT molecular complexity index is 791. The number of alkyl halides is 3. The van der Waals surface area contributed by atoms with E-state index in [0.29, 0.717) is 10.1 Å². The van der Waals surface area contributed by atoms with Gasteiger partial charge in [0, 0.05) is 11.3 Å². The first-order valence-electron chi connectivity index (χ1n) is 5.21. The third-order valence-electron chi connectivity index (χ3n) is 2.49. The smallest absolute Gasteiger partial charge is 0.398 e. The van der Waals surface area contributed by atoms with Crippen LogP contribution in [0.3, 0.4) is 0 Å². The number of nitrogens with zero attached hydrogens (tertiary/aromatic N) is 4. The zero-order valence-electron chi connectivity index (χ0n) is 9.52. The number of benzene rings is 1. The maximum absolute atomic E-state index is 13.0. The summed E-state index contributed by atoms with van der Waals surface area (Å²) in [5, 5.41) is 10.4. The molecule has 0 aliphatic heterocycles. The van der Waals surface area contributed by atoms with Crippen molar-refractivity contribution in [3.05, 3.63) is 29.8 Å². The van der Waals surface area contributed by atoms with E-state index >= 15 is 0 Å². The van der Waals surface area contributed by atoms with Crippen LogP contribution in [0.5, 0.6) is 0 Å². The molecule has 0 amide bonds. The largest absolute Gasteiger partial charge is 0.453 e. The van der Waals surface area contributed by atoms with Gasteiger partial charge in [0.25, 0.3) is 5.82 Å². The van der Waals surface area contributed by atoms with Crippen LogP contribution < -0.4 is 5.73 Å². The molecular formula is C10H5F4N5S. The predicted molar refractivity (Wildman–Crippen MR) is 63.5 cm³/mol. The van der Waals surface area contributed by atoms with Crippen molar-refractivity contribution in [3.8, 4) is 10.6 Å². The van der Waals surface area contributed by atoms with E-state index in [1.165, 1.54) is 6.07 Å². The molecule has 0 spiro atoms. The topological polar surface area (TPSA) is 69.1 Å². The highest BCUT2D eigenvalue weighted by atomic mass is 32.1. The van der Waals surface area contributed by atoms with Gasteiger partial charge in [0.15, 0.2) is 0 Å². The van der Waals surface area contributed by atoms with Gasteiger partial charge in [-0.25, -0.2) is 4.39 Å². The molecule has 2 heterocycles. The molecule has 20 heavy (non-hydrogen) atoms. The second kappa shape index (κ2) is 4.13. The van der Waals surface area contributed by atoms with Crippen LogP contribution >= 0.6 is 11.3 Å². The van der Waals surface area contributed by atoms with Crippen LogP contribution in [0.15, 0.2) is 18.2 Å². The maximum Gasteiger partial charge on any atom is 0.453 e. The fourth-order valence-electron chi connectivity index (χ4n) is 1.63. The number of nitrogens with two attached hydrogens (primary N) is 1. The Morgan fingerprint density at radius 3 is 2.60 bits per heavy atom. The molecule has 5 nitrogen and oxygen atoms in total. The van der Waals surface area contributed by atoms with Gasteiger partial charge in [0.05, 0.1) is 0 Å². The standard InChI is InChI=1S/C10H5F4N5S/c11-4-1-2-5(6(15)3-4)7-18-19-8(10(12,13)14)16-17-9(19)20-7/h1-3H,15H2. The van der Waals surface area contributed by atoms with Crippen LogP contribution in [0, 0.1) is 5.82 Å². The summed E-state index contributed by atoms with van der Waals surface area (Å²) < 4.78 is 51.5. The molecule has 10 heteroatoms. The van der Waals surface area contributed by atoms with Crippen LogP contribution in [-0.2, 0) is 6.18 Å². The van der Waals surface area contributed by atoms with Crippen LogP contribution in [0.1, 0.15) is 5.82 Å². The third-order valence-corrected chi connectivity index (χ3v) is 3.42. The lowest BCUT2D eigenvalue weighted by atomic mass is 10.2. The number of anilines is 1. The zero-order chi connectivity index (χ0) is 14.5. The summed E-state index contributed by atoms with van der Waals surface area (Å²) >= 11 is 0.883. The van der Waals surface area contributed by atoms with Crippen molar-refractivity contribution in [2.24, 2.45) is 0 Å². The first-order valence-corrected chi connectivity index (χ1v) is 6.03. The number of rotatable bonds is 1. The van der Waals surface area contributed by atoms with Crippen LogP contribution in [-0.4, -0.2) is 19.8 Å². The number of aromatic nitrogens is 4. The monoisotopic (exact) mass is 303 g/mol. The molecular weight excluding hydrogens is 298 g/mol. The predicted octanol–water partition coefficient (Wildman–Crippen LogP) is 2.59. The highest BCUT2D eigenvalue weighted by molar-refractivity contribution is 7.19. The second-order valence-corrected chi connectivity index (χ2v) is 4.81. The molecule has 2 aromatic heterocycles. The lowest BCUT2D eigenvalue weighted by Gasteiger charge is -2.02. The molecule has 104 valence electrons. The van der Waals surface area contributed by atoms with Crippen molar-refractivity contribution in [3.63, 3.8) is 0 Å². The molecule has 0 bridgehead atoms. The van der Waals surface area contributed by atoms with Gasteiger partial charge in [-0.15, -0.1) is 10.2 Å². The van der Waals surface area contributed by atoms with E-state index in [1.54, 1.807) is 0 Å². The first-order chi connectivity index (χ1) is 9.36. The van der Waals surface area contributed by atoms with Crippen molar-refractivity contribution in [2.45, 2.75) is 6.18 Å². The SMILES string of the molecule is Nc1cc(F)ccc1-c1nn2c(C(F)(F)F)nnc2s1. The molecule has 0 saturated heterocycles. The lowest BCUT2D eigenvalue weighted by Crippen LogP contribution is -2.11.